The minimum absolute atomic E-state index is 0.881. The fourth-order valence-electron chi connectivity index (χ4n) is 4.50. The first-order valence-electron chi connectivity index (χ1n) is 12.4. The van der Waals surface area contributed by atoms with Gasteiger partial charge in [-0.05, 0) is 52.4 Å². The van der Waals surface area contributed by atoms with Crippen LogP contribution in [0.15, 0.2) is 134 Å². The minimum Gasteiger partial charge on any atom is -0.255 e. The van der Waals surface area contributed by atoms with Crippen LogP contribution in [0.25, 0.3) is 45.3 Å². The number of hydrogen-bond donors (Lipinski definition) is 0. The van der Waals surface area contributed by atoms with Gasteiger partial charge >= 0.3 is 0 Å². The third kappa shape index (κ3) is 5.26. The zero-order chi connectivity index (χ0) is 24.6. The lowest BCUT2D eigenvalue weighted by atomic mass is 9.96. The maximum atomic E-state index is 4.98. The Balaban J connectivity index is 1.66. The second-order valence-corrected chi connectivity index (χ2v) is 8.72. The van der Waals surface area contributed by atoms with Crippen LogP contribution in [0.3, 0.4) is 0 Å². The van der Waals surface area contributed by atoms with Crippen LogP contribution in [0, 0.1) is 0 Å². The van der Waals surface area contributed by atoms with E-state index in [2.05, 4.69) is 127 Å². The van der Waals surface area contributed by atoms with Gasteiger partial charge in [0.05, 0.1) is 5.69 Å². The number of pyridine rings is 1. The van der Waals surface area contributed by atoms with E-state index < -0.39 is 0 Å². The highest BCUT2D eigenvalue weighted by Gasteiger charge is 2.10. The largest absolute Gasteiger partial charge is 0.255 e. The van der Waals surface area contributed by atoms with Crippen molar-refractivity contribution in [1.29, 1.82) is 0 Å². The zero-order valence-corrected chi connectivity index (χ0v) is 20.5. The van der Waals surface area contributed by atoms with E-state index in [1.165, 1.54) is 27.0 Å². The Morgan fingerprint density at radius 3 is 2.17 bits per heavy atom. The number of hydrogen-bond acceptors (Lipinski definition) is 1. The van der Waals surface area contributed by atoms with Gasteiger partial charge in [0.15, 0.2) is 0 Å². The molecule has 1 nitrogen and oxygen atoms in total. The van der Waals surface area contributed by atoms with E-state index in [4.69, 9.17) is 4.98 Å². The van der Waals surface area contributed by atoms with Crippen LogP contribution in [0.4, 0.5) is 0 Å². The zero-order valence-electron chi connectivity index (χ0n) is 20.5. The number of nitrogens with zero attached hydrogens (tertiary/aromatic N) is 1. The summed E-state index contributed by atoms with van der Waals surface area (Å²) in [5.74, 6) is 0. The van der Waals surface area contributed by atoms with Crippen molar-refractivity contribution in [2.24, 2.45) is 0 Å². The molecule has 5 aromatic rings. The van der Waals surface area contributed by atoms with E-state index in [1.807, 2.05) is 25.3 Å². The molecular formula is C35H29N. The number of aromatic nitrogens is 1. The van der Waals surface area contributed by atoms with Gasteiger partial charge in [-0.25, -0.2) is 0 Å². The van der Waals surface area contributed by atoms with Crippen molar-refractivity contribution in [2.75, 3.05) is 0 Å². The van der Waals surface area contributed by atoms with E-state index >= 15 is 0 Å². The lowest BCUT2D eigenvalue weighted by molar-refractivity contribution is 1.34. The second-order valence-electron chi connectivity index (χ2n) is 8.72. The molecule has 0 aliphatic rings. The standard InChI is InChI=1S/C35H29N/c1-2-3-4-5-10-17-28-22-23-30(25-31(28)24-27-15-8-6-9-16-27)35-33-21-14-13-20-32(33)34(26-36-35)29-18-11-7-12-19-29/h2-9,11-26H,10H2,1H3/b3-2-,5-4-,28-17+,31-24+. The van der Waals surface area contributed by atoms with Crippen molar-refractivity contribution in [1.82, 2.24) is 4.98 Å². The molecule has 1 aromatic heterocycles. The molecule has 0 atom stereocenters. The third-order valence-corrected chi connectivity index (χ3v) is 6.28. The Labute approximate surface area is 213 Å². The number of fused-ring (bicyclic) bond motifs is 1. The van der Waals surface area contributed by atoms with Crippen LogP contribution in [0.1, 0.15) is 18.9 Å². The molecule has 4 aromatic carbocycles. The van der Waals surface area contributed by atoms with E-state index in [0.29, 0.717) is 0 Å². The summed E-state index contributed by atoms with van der Waals surface area (Å²) in [6.45, 7) is 2.03. The summed E-state index contributed by atoms with van der Waals surface area (Å²) in [5.41, 5.74) is 5.65. The molecule has 0 aliphatic carbocycles. The Bertz CT molecular complexity index is 1640. The van der Waals surface area contributed by atoms with Crippen molar-refractivity contribution in [2.45, 2.75) is 13.3 Å². The van der Waals surface area contributed by atoms with E-state index in [0.717, 1.165) is 28.6 Å². The van der Waals surface area contributed by atoms with Gasteiger partial charge in [0.1, 0.15) is 0 Å². The molecule has 36 heavy (non-hydrogen) atoms. The molecule has 0 unspecified atom stereocenters. The molecule has 0 spiro atoms. The Hall–Kier alpha value is -4.49. The van der Waals surface area contributed by atoms with Crippen molar-refractivity contribution >= 4 is 22.9 Å². The Morgan fingerprint density at radius 1 is 0.667 bits per heavy atom. The van der Waals surface area contributed by atoms with E-state index in [1.54, 1.807) is 0 Å². The topological polar surface area (TPSA) is 12.9 Å². The fraction of sp³-hybridized carbons (Fsp3) is 0.0571. The van der Waals surface area contributed by atoms with Gasteiger partial charge in [0, 0.05) is 22.7 Å². The molecule has 0 fully saturated rings. The molecule has 0 amide bonds. The first-order valence-corrected chi connectivity index (χ1v) is 12.4. The summed E-state index contributed by atoms with van der Waals surface area (Å²) < 4.78 is 0. The molecule has 0 saturated heterocycles. The lowest BCUT2D eigenvalue weighted by Gasteiger charge is -2.11. The molecule has 0 aliphatic heterocycles. The van der Waals surface area contributed by atoms with Gasteiger partial charge in [0.2, 0.25) is 0 Å². The number of rotatable bonds is 6. The Kier molecular flexibility index (Phi) is 7.30. The van der Waals surface area contributed by atoms with E-state index in [-0.39, 0.29) is 0 Å². The summed E-state index contributed by atoms with van der Waals surface area (Å²) in [7, 11) is 0. The molecular weight excluding hydrogens is 434 g/mol. The monoisotopic (exact) mass is 463 g/mol. The van der Waals surface area contributed by atoms with Crippen molar-refractivity contribution in [3.8, 4) is 22.4 Å². The lowest BCUT2D eigenvalue weighted by Crippen LogP contribution is -2.24. The van der Waals surface area contributed by atoms with Gasteiger partial charge in [0.25, 0.3) is 0 Å². The molecule has 0 N–H and O–H groups in total. The van der Waals surface area contributed by atoms with Gasteiger partial charge in [-0.3, -0.25) is 4.98 Å². The van der Waals surface area contributed by atoms with E-state index in [9.17, 15) is 0 Å². The maximum absolute atomic E-state index is 4.98. The molecule has 0 bridgehead atoms. The minimum atomic E-state index is 0.881. The summed E-state index contributed by atoms with van der Waals surface area (Å²) in [6, 6.07) is 36.2. The summed E-state index contributed by atoms with van der Waals surface area (Å²) in [4.78, 5) is 4.98. The maximum Gasteiger partial charge on any atom is 0.0780 e. The summed E-state index contributed by atoms with van der Waals surface area (Å²) in [5, 5.41) is 4.79. The highest BCUT2D eigenvalue weighted by Crippen LogP contribution is 2.33. The second kappa shape index (κ2) is 11.3. The number of benzene rings is 4. The van der Waals surface area contributed by atoms with Crippen LogP contribution >= 0.6 is 0 Å². The van der Waals surface area contributed by atoms with Crippen LogP contribution in [0.5, 0.6) is 0 Å². The third-order valence-electron chi connectivity index (χ3n) is 6.28. The highest BCUT2D eigenvalue weighted by molar-refractivity contribution is 6.03. The molecule has 5 rings (SSSR count). The smallest absolute Gasteiger partial charge is 0.0780 e. The summed E-state index contributed by atoms with van der Waals surface area (Å²) in [6.07, 6.45) is 15.8. The average Bonchev–Trinajstić information content (AvgIpc) is 2.94. The van der Waals surface area contributed by atoms with Crippen LogP contribution < -0.4 is 10.4 Å². The molecule has 1 heteroatoms. The predicted octanol–water partition coefficient (Wildman–Crippen LogP) is 7.70. The van der Waals surface area contributed by atoms with Crippen LogP contribution in [-0.4, -0.2) is 4.98 Å². The Morgan fingerprint density at radius 2 is 1.39 bits per heavy atom. The molecule has 0 radical (unpaired) electrons. The van der Waals surface area contributed by atoms with Crippen LogP contribution in [-0.2, 0) is 0 Å². The molecule has 1 heterocycles. The first kappa shape index (κ1) is 23.3. The van der Waals surface area contributed by atoms with Crippen molar-refractivity contribution in [3.63, 3.8) is 0 Å². The van der Waals surface area contributed by atoms with Gasteiger partial charge < -0.3 is 0 Å². The van der Waals surface area contributed by atoms with Gasteiger partial charge in [-0.2, -0.15) is 0 Å². The number of allylic oxidation sites excluding steroid dienone is 4. The summed E-state index contributed by atoms with van der Waals surface area (Å²) >= 11 is 0. The quantitative estimate of drug-likeness (QED) is 0.235. The fourth-order valence-corrected chi connectivity index (χ4v) is 4.50. The highest BCUT2D eigenvalue weighted by atomic mass is 14.7. The predicted molar refractivity (Wildman–Crippen MR) is 155 cm³/mol. The normalized spacial score (nSPS) is 12.8. The average molecular weight is 464 g/mol. The van der Waals surface area contributed by atoms with Crippen LogP contribution in [0.2, 0.25) is 0 Å². The van der Waals surface area contributed by atoms with Gasteiger partial charge in [-0.15, -0.1) is 0 Å². The van der Waals surface area contributed by atoms with Crippen molar-refractivity contribution in [3.05, 3.63) is 150 Å². The van der Waals surface area contributed by atoms with Gasteiger partial charge in [-0.1, -0.05) is 127 Å². The van der Waals surface area contributed by atoms with Crippen molar-refractivity contribution < 1.29 is 0 Å². The molecule has 174 valence electrons. The SMILES string of the molecule is C/C=C\C=C/C/C=c1\ccc(-c2ncc(-c3ccccc3)c3ccccc23)c\c1=C/c1ccccc1. The molecule has 0 saturated carbocycles. The first-order chi connectivity index (χ1) is 17.8.